The summed E-state index contributed by atoms with van der Waals surface area (Å²) in [5.41, 5.74) is 3.97. The molecular formula is C32H45N3O3. The summed E-state index contributed by atoms with van der Waals surface area (Å²) in [5.74, 6) is 0.409. The van der Waals surface area contributed by atoms with E-state index in [1.165, 1.54) is 11.1 Å². The zero-order valence-corrected chi connectivity index (χ0v) is 24.3. The summed E-state index contributed by atoms with van der Waals surface area (Å²) in [6.45, 7) is 19.2. The van der Waals surface area contributed by atoms with Gasteiger partial charge in [0.1, 0.15) is 6.10 Å². The molecule has 2 aromatic rings. The Bertz CT molecular complexity index is 1150. The van der Waals surface area contributed by atoms with Gasteiger partial charge in [-0.2, -0.15) is 0 Å². The lowest BCUT2D eigenvalue weighted by atomic mass is 9.93. The van der Waals surface area contributed by atoms with Gasteiger partial charge in [0, 0.05) is 49.6 Å². The van der Waals surface area contributed by atoms with Crippen molar-refractivity contribution in [3.05, 3.63) is 59.7 Å². The fourth-order valence-corrected chi connectivity index (χ4v) is 5.44. The number of carbonyl (C=O) groups excluding carboxylic acids is 2. The highest BCUT2D eigenvalue weighted by molar-refractivity contribution is 5.82. The summed E-state index contributed by atoms with van der Waals surface area (Å²) in [4.78, 5) is 32.1. The van der Waals surface area contributed by atoms with Crippen LogP contribution in [-0.4, -0.2) is 71.9 Å². The summed E-state index contributed by atoms with van der Waals surface area (Å²) in [5, 5.41) is 0. The van der Waals surface area contributed by atoms with E-state index in [1.54, 1.807) is 0 Å². The third-order valence-corrected chi connectivity index (χ3v) is 7.53. The van der Waals surface area contributed by atoms with Crippen molar-refractivity contribution in [2.45, 2.75) is 67.2 Å². The Kier molecular flexibility index (Phi) is 8.34. The predicted octanol–water partition coefficient (Wildman–Crippen LogP) is 5.38. The SMILES string of the molecule is CC1CN(Cc2cccc(-c3cccc(C4CN(C(=O)C(C)(C)C)CCO4)c3)c2)CCN1C(=O)C(C)(C)C. The normalized spacial score (nSPS) is 21.4. The Morgan fingerprint density at radius 3 is 2.16 bits per heavy atom. The molecule has 6 nitrogen and oxygen atoms in total. The van der Waals surface area contributed by atoms with Crippen molar-refractivity contribution in [1.29, 1.82) is 0 Å². The molecule has 0 saturated carbocycles. The van der Waals surface area contributed by atoms with E-state index in [0.29, 0.717) is 19.7 Å². The third-order valence-electron chi connectivity index (χ3n) is 7.53. The average molecular weight is 520 g/mol. The number of hydrogen-bond acceptors (Lipinski definition) is 4. The Hall–Kier alpha value is -2.70. The molecule has 2 unspecified atom stereocenters. The fraction of sp³-hybridized carbons (Fsp3) is 0.562. The van der Waals surface area contributed by atoms with Crippen molar-refractivity contribution in [1.82, 2.24) is 14.7 Å². The van der Waals surface area contributed by atoms with Crippen molar-refractivity contribution in [2.24, 2.45) is 10.8 Å². The zero-order chi connectivity index (χ0) is 27.7. The minimum atomic E-state index is -0.392. The molecule has 2 aliphatic rings. The molecule has 2 saturated heterocycles. The van der Waals surface area contributed by atoms with Crippen LogP contribution < -0.4 is 0 Å². The summed E-state index contributed by atoms with van der Waals surface area (Å²) in [6, 6.07) is 17.5. The van der Waals surface area contributed by atoms with Crippen LogP contribution in [0.5, 0.6) is 0 Å². The maximum atomic E-state index is 12.8. The molecule has 2 aromatic carbocycles. The zero-order valence-electron chi connectivity index (χ0n) is 24.3. The number of piperazine rings is 1. The number of benzene rings is 2. The molecule has 38 heavy (non-hydrogen) atoms. The van der Waals surface area contributed by atoms with E-state index in [9.17, 15) is 9.59 Å². The Morgan fingerprint density at radius 2 is 1.50 bits per heavy atom. The topological polar surface area (TPSA) is 53.1 Å². The van der Waals surface area contributed by atoms with Crippen LogP contribution in [0.15, 0.2) is 48.5 Å². The minimum absolute atomic E-state index is 0.119. The van der Waals surface area contributed by atoms with E-state index in [4.69, 9.17) is 4.74 Å². The lowest BCUT2D eigenvalue weighted by Gasteiger charge is -2.42. The molecule has 2 heterocycles. The standard InChI is InChI=1S/C32H45N3O3/c1-23-20-33(14-15-35(23)30(37)32(5,6)7)21-24-10-8-11-25(18-24)26-12-9-13-27(19-26)28-22-34(16-17-38-28)29(36)31(2,3)4/h8-13,18-19,23,28H,14-17,20-22H2,1-7H3. The van der Waals surface area contributed by atoms with Gasteiger partial charge in [-0.05, 0) is 41.3 Å². The molecule has 2 amide bonds. The van der Waals surface area contributed by atoms with Crippen LogP contribution in [0.3, 0.4) is 0 Å². The quantitative estimate of drug-likeness (QED) is 0.544. The van der Waals surface area contributed by atoms with Crippen molar-refractivity contribution >= 4 is 11.8 Å². The molecule has 0 aliphatic carbocycles. The molecule has 206 valence electrons. The molecule has 0 bridgehead atoms. The van der Waals surface area contributed by atoms with Crippen LogP contribution in [-0.2, 0) is 20.9 Å². The van der Waals surface area contributed by atoms with E-state index >= 15 is 0 Å². The van der Waals surface area contributed by atoms with Gasteiger partial charge in [0.2, 0.25) is 11.8 Å². The molecule has 6 heteroatoms. The van der Waals surface area contributed by atoms with E-state index in [1.807, 2.05) is 51.3 Å². The van der Waals surface area contributed by atoms with Gasteiger partial charge in [-0.15, -0.1) is 0 Å². The molecule has 4 rings (SSSR count). The molecule has 2 fully saturated rings. The monoisotopic (exact) mass is 519 g/mol. The molecule has 2 atom stereocenters. The number of carbonyl (C=O) groups is 2. The number of hydrogen-bond donors (Lipinski definition) is 0. The van der Waals surface area contributed by atoms with Gasteiger partial charge in [-0.3, -0.25) is 14.5 Å². The first-order chi connectivity index (χ1) is 17.8. The summed E-state index contributed by atoms with van der Waals surface area (Å²) in [6.07, 6.45) is -0.119. The molecule has 0 N–H and O–H groups in total. The molecule has 0 radical (unpaired) electrons. The lowest BCUT2D eigenvalue weighted by molar-refractivity contribution is -0.147. The maximum absolute atomic E-state index is 12.8. The highest BCUT2D eigenvalue weighted by Gasteiger charge is 2.34. The van der Waals surface area contributed by atoms with Gasteiger partial charge < -0.3 is 14.5 Å². The molecule has 2 aliphatic heterocycles. The van der Waals surface area contributed by atoms with Crippen LogP contribution in [0.4, 0.5) is 0 Å². The minimum Gasteiger partial charge on any atom is -0.370 e. The van der Waals surface area contributed by atoms with Crippen LogP contribution in [0.1, 0.15) is 65.7 Å². The molecule has 0 aromatic heterocycles. The van der Waals surface area contributed by atoms with Gasteiger partial charge in [0.15, 0.2) is 0 Å². The summed E-state index contributed by atoms with van der Waals surface area (Å²) >= 11 is 0. The first-order valence-electron chi connectivity index (χ1n) is 14.0. The van der Waals surface area contributed by atoms with Gasteiger partial charge in [0.05, 0.1) is 13.2 Å². The van der Waals surface area contributed by atoms with Crippen LogP contribution in [0.25, 0.3) is 11.1 Å². The average Bonchev–Trinajstić information content (AvgIpc) is 2.87. The maximum Gasteiger partial charge on any atom is 0.228 e. The second-order valence-corrected chi connectivity index (χ2v) is 13.0. The Morgan fingerprint density at radius 1 is 0.842 bits per heavy atom. The highest BCUT2D eigenvalue weighted by Crippen LogP contribution is 2.30. The fourth-order valence-electron chi connectivity index (χ4n) is 5.44. The van der Waals surface area contributed by atoms with E-state index in [-0.39, 0.29) is 29.4 Å². The van der Waals surface area contributed by atoms with Crippen LogP contribution >= 0.6 is 0 Å². The van der Waals surface area contributed by atoms with Crippen molar-refractivity contribution in [3.8, 4) is 11.1 Å². The second kappa shape index (κ2) is 11.2. The number of rotatable bonds is 4. The van der Waals surface area contributed by atoms with Crippen molar-refractivity contribution < 1.29 is 14.3 Å². The lowest BCUT2D eigenvalue weighted by Crippen LogP contribution is -2.56. The van der Waals surface area contributed by atoms with Crippen LogP contribution in [0, 0.1) is 10.8 Å². The number of morpholine rings is 1. The van der Waals surface area contributed by atoms with Crippen molar-refractivity contribution in [2.75, 3.05) is 39.3 Å². The smallest absolute Gasteiger partial charge is 0.228 e. The third kappa shape index (κ3) is 6.65. The first kappa shape index (κ1) is 28.3. The first-order valence-corrected chi connectivity index (χ1v) is 14.0. The van der Waals surface area contributed by atoms with Gasteiger partial charge in [0.25, 0.3) is 0 Å². The van der Waals surface area contributed by atoms with E-state index in [0.717, 1.165) is 37.3 Å². The van der Waals surface area contributed by atoms with Gasteiger partial charge in [-0.1, -0.05) is 77.9 Å². The predicted molar refractivity (Wildman–Crippen MR) is 153 cm³/mol. The number of ether oxygens (including phenoxy) is 1. The van der Waals surface area contributed by atoms with Crippen molar-refractivity contribution in [3.63, 3.8) is 0 Å². The van der Waals surface area contributed by atoms with Gasteiger partial charge in [-0.25, -0.2) is 0 Å². The largest absolute Gasteiger partial charge is 0.370 e. The number of amides is 2. The summed E-state index contributed by atoms with van der Waals surface area (Å²) in [7, 11) is 0. The Labute approximate surface area is 228 Å². The number of nitrogens with zero attached hydrogens (tertiary/aromatic N) is 3. The second-order valence-electron chi connectivity index (χ2n) is 13.0. The van der Waals surface area contributed by atoms with E-state index in [2.05, 4.69) is 60.4 Å². The Balaban J connectivity index is 1.43. The molecule has 0 spiro atoms. The van der Waals surface area contributed by atoms with Gasteiger partial charge >= 0.3 is 0 Å². The highest BCUT2D eigenvalue weighted by atomic mass is 16.5. The summed E-state index contributed by atoms with van der Waals surface area (Å²) < 4.78 is 6.10. The molecular weight excluding hydrogens is 474 g/mol. The van der Waals surface area contributed by atoms with Crippen LogP contribution in [0.2, 0.25) is 0 Å². The van der Waals surface area contributed by atoms with E-state index < -0.39 is 5.41 Å².